The van der Waals surface area contributed by atoms with Crippen LogP contribution in [0.3, 0.4) is 0 Å². The number of thioether (sulfide) groups is 1. The van der Waals surface area contributed by atoms with E-state index in [0.29, 0.717) is 0 Å². The number of nitrogens with one attached hydrogen (secondary N) is 2. The third kappa shape index (κ3) is 5.96. The van der Waals surface area contributed by atoms with Crippen molar-refractivity contribution in [2.75, 3.05) is 16.8 Å². The van der Waals surface area contributed by atoms with Crippen LogP contribution in [0.2, 0.25) is 0 Å². The quantitative estimate of drug-likeness (QED) is 0.600. The third-order valence-corrected chi connectivity index (χ3v) is 5.29. The van der Waals surface area contributed by atoms with Crippen LogP contribution in [0.1, 0.15) is 23.0 Å². The summed E-state index contributed by atoms with van der Waals surface area (Å²) < 4.78 is 1.89. The van der Waals surface area contributed by atoms with Gasteiger partial charge in [-0.1, -0.05) is 48.0 Å². The Morgan fingerprint density at radius 3 is 2.38 bits per heavy atom. The van der Waals surface area contributed by atoms with Crippen LogP contribution in [0, 0.1) is 6.92 Å². The van der Waals surface area contributed by atoms with Gasteiger partial charge in [-0.25, -0.2) is 4.98 Å². The van der Waals surface area contributed by atoms with E-state index in [1.165, 1.54) is 11.8 Å². The van der Waals surface area contributed by atoms with Crippen molar-refractivity contribution in [3.8, 4) is 0 Å². The maximum absolute atomic E-state index is 12.5. The Labute approximate surface area is 174 Å². The zero-order valence-electron chi connectivity index (χ0n) is 16.5. The van der Waals surface area contributed by atoms with Gasteiger partial charge in [0, 0.05) is 25.1 Å². The van der Waals surface area contributed by atoms with E-state index in [-0.39, 0.29) is 29.4 Å². The first-order valence-electron chi connectivity index (χ1n) is 9.28. The lowest BCUT2D eigenvalue weighted by Crippen LogP contribution is -2.32. The van der Waals surface area contributed by atoms with E-state index in [1.54, 1.807) is 6.20 Å². The van der Waals surface area contributed by atoms with Crippen LogP contribution in [-0.2, 0) is 16.6 Å². The molecule has 0 bridgehead atoms. The highest BCUT2D eigenvalue weighted by molar-refractivity contribution is 8.00. The molecule has 7 heteroatoms. The summed E-state index contributed by atoms with van der Waals surface area (Å²) in [4.78, 5) is 29.0. The number of anilines is 1. The second-order valence-corrected chi connectivity index (χ2v) is 7.70. The second kappa shape index (κ2) is 9.93. The van der Waals surface area contributed by atoms with Gasteiger partial charge < -0.3 is 15.2 Å². The summed E-state index contributed by atoms with van der Waals surface area (Å²) >= 11 is 1.28. The molecular formula is C22H24N4O2S. The minimum Gasteiger partial charge on any atom is -0.341 e. The van der Waals surface area contributed by atoms with Gasteiger partial charge in [-0.2, -0.15) is 0 Å². The molecule has 0 spiro atoms. The highest BCUT2D eigenvalue weighted by atomic mass is 32.2. The van der Waals surface area contributed by atoms with Crippen molar-refractivity contribution in [2.24, 2.45) is 7.05 Å². The molecule has 1 unspecified atom stereocenters. The molecule has 0 aliphatic rings. The van der Waals surface area contributed by atoms with Crippen molar-refractivity contribution in [3.05, 3.63) is 83.9 Å². The zero-order valence-corrected chi connectivity index (χ0v) is 17.3. The Kier molecular flexibility index (Phi) is 7.08. The minimum atomic E-state index is -0.342. The second-order valence-electron chi connectivity index (χ2n) is 6.71. The van der Waals surface area contributed by atoms with E-state index in [4.69, 9.17) is 0 Å². The lowest BCUT2D eigenvalue weighted by molar-refractivity contribution is -0.119. The summed E-state index contributed by atoms with van der Waals surface area (Å²) in [6, 6.07) is 17.0. The molecule has 0 aliphatic heterocycles. The molecule has 0 saturated carbocycles. The van der Waals surface area contributed by atoms with E-state index < -0.39 is 0 Å². The smallest absolute Gasteiger partial charge is 0.234 e. The van der Waals surface area contributed by atoms with E-state index >= 15 is 0 Å². The molecule has 2 N–H and O–H groups in total. The average molecular weight is 409 g/mol. The number of hydrogen-bond donors (Lipinski definition) is 2. The number of imidazole rings is 1. The standard InChI is InChI=1S/C22H24N4O2S/c1-16-8-10-18(11-9-16)24-19(27)14-29-15-20(28)25-21(17-6-4-3-5-7-17)22-23-12-13-26(22)2/h3-13,21H,14-15H2,1-2H3,(H,24,27)(H,25,28). The first kappa shape index (κ1) is 20.7. The van der Waals surface area contributed by atoms with Crippen molar-refractivity contribution in [1.29, 1.82) is 0 Å². The van der Waals surface area contributed by atoms with Crippen molar-refractivity contribution in [3.63, 3.8) is 0 Å². The Morgan fingerprint density at radius 2 is 1.72 bits per heavy atom. The molecule has 0 radical (unpaired) electrons. The van der Waals surface area contributed by atoms with Gasteiger partial charge in [0.05, 0.1) is 11.5 Å². The predicted molar refractivity (Wildman–Crippen MR) is 117 cm³/mol. The molecule has 150 valence electrons. The predicted octanol–water partition coefficient (Wildman–Crippen LogP) is 3.31. The van der Waals surface area contributed by atoms with Gasteiger partial charge in [-0.3, -0.25) is 9.59 Å². The molecule has 2 aromatic carbocycles. The number of aryl methyl sites for hydroxylation is 2. The Hall–Kier alpha value is -3.06. The van der Waals surface area contributed by atoms with Gasteiger partial charge >= 0.3 is 0 Å². The maximum atomic E-state index is 12.5. The fourth-order valence-corrected chi connectivity index (χ4v) is 3.50. The van der Waals surface area contributed by atoms with E-state index in [0.717, 1.165) is 22.6 Å². The highest BCUT2D eigenvalue weighted by Crippen LogP contribution is 2.20. The molecule has 1 aromatic heterocycles. The largest absolute Gasteiger partial charge is 0.341 e. The van der Waals surface area contributed by atoms with Crippen LogP contribution >= 0.6 is 11.8 Å². The summed E-state index contributed by atoms with van der Waals surface area (Å²) in [5, 5.41) is 5.87. The summed E-state index contributed by atoms with van der Waals surface area (Å²) in [6.45, 7) is 1.99. The van der Waals surface area contributed by atoms with E-state index in [2.05, 4.69) is 15.6 Å². The van der Waals surface area contributed by atoms with Crippen LogP contribution < -0.4 is 10.6 Å². The molecule has 0 fully saturated rings. The summed E-state index contributed by atoms with van der Waals surface area (Å²) in [7, 11) is 1.90. The summed E-state index contributed by atoms with van der Waals surface area (Å²) in [5.74, 6) is 0.881. The van der Waals surface area contributed by atoms with Gasteiger partial charge in [0.15, 0.2) is 0 Å². The van der Waals surface area contributed by atoms with Gasteiger partial charge in [0.1, 0.15) is 11.9 Å². The van der Waals surface area contributed by atoms with Crippen LogP contribution in [0.25, 0.3) is 0 Å². The van der Waals surface area contributed by atoms with Gasteiger partial charge in [-0.15, -0.1) is 11.8 Å². The average Bonchev–Trinajstić information content (AvgIpc) is 3.14. The summed E-state index contributed by atoms with van der Waals surface area (Å²) in [5.41, 5.74) is 2.84. The molecule has 6 nitrogen and oxygen atoms in total. The van der Waals surface area contributed by atoms with Crippen molar-refractivity contribution < 1.29 is 9.59 Å². The van der Waals surface area contributed by atoms with Gasteiger partial charge in [-0.05, 0) is 24.6 Å². The first-order valence-corrected chi connectivity index (χ1v) is 10.4. The SMILES string of the molecule is Cc1ccc(NC(=O)CSCC(=O)NC(c2ccccc2)c2nccn2C)cc1. The normalized spacial score (nSPS) is 11.7. The number of amides is 2. The van der Waals surface area contributed by atoms with Crippen LogP contribution in [0.4, 0.5) is 5.69 Å². The monoisotopic (exact) mass is 408 g/mol. The molecular weight excluding hydrogens is 384 g/mol. The number of nitrogens with zero attached hydrogens (tertiary/aromatic N) is 2. The minimum absolute atomic E-state index is 0.129. The Morgan fingerprint density at radius 1 is 1.03 bits per heavy atom. The number of carbonyl (C=O) groups is 2. The number of rotatable bonds is 8. The van der Waals surface area contributed by atoms with E-state index in [1.807, 2.05) is 79.3 Å². The fraction of sp³-hybridized carbons (Fsp3) is 0.227. The number of carbonyl (C=O) groups excluding carboxylic acids is 2. The first-order chi connectivity index (χ1) is 14.0. The van der Waals surface area contributed by atoms with E-state index in [9.17, 15) is 9.59 Å². The molecule has 1 heterocycles. The molecule has 0 saturated heterocycles. The maximum Gasteiger partial charge on any atom is 0.234 e. The lowest BCUT2D eigenvalue weighted by atomic mass is 10.1. The van der Waals surface area contributed by atoms with Gasteiger partial charge in [0.25, 0.3) is 0 Å². The van der Waals surface area contributed by atoms with Gasteiger partial charge in [0.2, 0.25) is 11.8 Å². The Bertz CT molecular complexity index is 954. The molecule has 2 amide bonds. The number of hydrogen-bond acceptors (Lipinski definition) is 4. The van der Waals surface area contributed by atoms with Crippen LogP contribution in [0.5, 0.6) is 0 Å². The van der Waals surface area contributed by atoms with Crippen LogP contribution in [-0.4, -0.2) is 32.9 Å². The summed E-state index contributed by atoms with van der Waals surface area (Å²) in [6.07, 6.45) is 3.56. The topological polar surface area (TPSA) is 76.0 Å². The van der Waals surface area contributed by atoms with Crippen molar-refractivity contribution >= 4 is 29.3 Å². The molecule has 3 aromatic rings. The van der Waals surface area contributed by atoms with Crippen molar-refractivity contribution in [1.82, 2.24) is 14.9 Å². The lowest BCUT2D eigenvalue weighted by Gasteiger charge is -2.19. The zero-order chi connectivity index (χ0) is 20.6. The molecule has 3 rings (SSSR count). The number of benzene rings is 2. The fourth-order valence-electron chi connectivity index (χ4n) is 2.87. The number of aromatic nitrogens is 2. The van der Waals surface area contributed by atoms with Crippen LogP contribution in [0.15, 0.2) is 67.0 Å². The highest BCUT2D eigenvalue weighted by Gasteiger charge is 2.20. The molecule has 1 atom stereocenters. The molecule has 29 heavy (non-hydrogen) atoms. The molecule has 0 aliphatic carbocycles. The third-order valence-electron chi connectivity index (χ3n) is 4.36. The van der Waals surface area contributed by atoms with Crippen molar-refractivity contribution in [2.45, 2.75) is 13.0 Å². The Balaban J connectivity index is 1.53.